The molecule has 0 saturated carbocycles. The van der Waals surface area contributed by atoms with Crippen molar-refractivity contribution in [2.24, 2.45) is 0 Å². The Morgan fingerprint density at radius 2 is 2.06 bits per heavy atom. The highest BCUT2D eigenvalue weighted by Crippen LogP contribution is 2.31. The van der Waals surface area contributed by atoms with Gasteiger partial charge in [-0.15, -0.1) is 11.3 Å². The second-order valence-corrected chi connectivity index (χ2v) is 8.27. The summed E-state index contributed by atoms with van der Waals surface area (Å²) in [6, 6.07) is 15.9. The van der Waals surface area contributed by atoms with Gasteiger partial charge < -0.3 is 19.7 Å². The Hall–Kier alpha value is -3.16. The number of carboxylic acids is 1. The van der Waals surface area contributed by atoms with Crippen LogP contribution < -0.4 is 10.1 Å². The summed E-state index contributed by atoms with van der Waals surface area (Å²) < 4.78 is 20.8. The van der Waals surface area contributed by atoms with Gasteiger partial charge in [-0.3, -0.25) is 0 Å². The van der Waals surface area contributed by atoms with Crippen LogP contribution in [0.25, 0.3) is 10.9 Å². The topological polar surface area (TPSA) is 63.5 Å². The second-order valence-electron chi connectivity index (χ2n) is 7.24. The van der Waals surface area contributed by atoms with Crippen LogP contribution in [0, 0.1) is 5.82 Å². The van der Waals surface area contributed by atoms with Crippen LogP contribution in [-0.4, -0.2) is 29.3 Å². The van der Waals surface area contributed by atoms with Crippen LogP contribution in [0.5, 0.6) is 5.75 Å². The number of nitrogens with one attached hydrogen (secondary N) is 1. The number of hydrogen-bond donors (Lipinski definition) is 2. The first kappa shape index (κ1) is 21.1. The summed E-state index contributed by atoms with van der Waals surface area (Å²) in [5, 5.41) is 16.3. The quantitative estimate of drug-likeness (QED) is 0.364. The number of methoxy groups -OCH3 is 1. The maximum atomic E-state index is 13.7. The second kappa shape index (κ2) is 9.32. The average Bonchev–Trinajstić information content (AvgIpc) is 3.37. The highest BCUT2D eigenvalue weighted by atomic mass is 32.1. The molecule has 0 atom stereocenters. The van der Waals surface area contributed by atoms with Crippen molar-refractivity contribution in [2.75, 3.05) is 13.7 Å². The van der Waals surface area contributed by atoms with Crippen molar-refractivity contribution in [1.29, 1.82) is 0 Å². The molecule has 160 valence electrons. The van der Waals surface area contributed by atoms with E-state index in [1.165, 1.54) is 17.0 Å². The van der Waals surface area contributed by atoms with Crippen LogP contribution in [0.3, 0.4) is 0 Å². The van der Waals surface area contributed by atoms with Gasteiger partial charge in [-0.1, -0.05) is 18.2 Å². The summed E-state index contributed by atoms with van der Waals surface area (Å²) in [5.74, 6) is -0.722. The zero-order valence-corrected chi connectivity index (χ0v) is 17.9. The predicted octanol–water partition coefficient (Wildman–Crippen LogP) is 4.93. The number of halogens is 1. The molecule has 0 spiro atoms. The third-order valence-electron chi connectivity index (χ3n) is 5.24. The molecule has 4 rings (SSSR count). The number of fused-ring (bicyclic) bond motifs is 1. The smallest absolute Gasteiger partial charge is 0.352 e. The minimum Gasteiger partial charge on any atom is -0.497 e. The van der Waals surface area contributed by atoms with E-state index in [4.69, 9.17) is 4.74 Å². The van der Waals surface area contributed by atoms with Gasteiger partial charge in [0.05, 0.1) is 12.6 Å². The van der Waals surface area contributed by atoms with Crippen LogP contribution in [-0.2, 0) is 19.5 Å². The molecule has 4 aromatic rings. The lowest BCUT2D eigenvalue weighted by atomic mass is 10.1. The lowest BCUT2D eigenvalue weighted by Gasteiger charge is -2.10. The zero-order chi connectivity index (χ0) is 21.8. The Balaban J connectivity index is 1.71. The maximum absolute atomic E-state index is 13.7. The number of carboxylic acid groups (broad SMARTS) is 1. The molecular formula is C24H23FN2O3S. The summed E-state index contributed by atoms with van der Waals surface area (Å²) in [6.07, 6.45) is 0.885. The molecule has 2 heterocycles. The lowest BCUT2D eigenvalue weighted by Crippen LogP contribution is -2.19. The van der Waals surface area contributed by atoms with E-state index in [2.05, 4.69) is 11.4 Å². The van der Waals surface area contributed by atoms with Gasteiger partial charge in [0.15, 0.2) is 0 Å². The first-order chi connectivity index (χ1) is 15.1. The summed E-state index contributed by atoms with van der Waals surface area (Å²) in [7, 11) is 1.58. The Morgan fingerprint density at radius 3 is 2.77 bits per heavy atom. The molecule has 2 aromatic carbocycles. The molecule has 31 heavy (non-hydrogen) atoms. The van der Waals surface area contributed by atoms with Crippen LogP contribution in [0.2, 0.25) is 0 Å². The fourth-order valence-corrected chi connectivity index (χ4v) is 4.52. The van der Waals surface area contributed by atoms with E-state index in [0.29, 0.717) is 23.4 Å². The number of benzene rings is 2. The fourth-order valence-electron chi connectivity index (χ4n) is 3.81. The van der Waals surface area contributed by atoms with Gasteiger partial charge in [-0.25, -0.2) is 9.18 Å². The number of aromatic carboxylic acids is 1. The molecule has 0 unspecified atom stereocenters. The van der Waals surface area contributed by atoms with Crippen LogP contribution in [0.1, 0.15) is 26.5 Å². The molecule has 0 radical (unpaired) electrons. The van der Waals surface area contributed by atoms with E-state index in [9.17, 15) is 14.3 Å². The molecular weight excluding hydrogens is 415 g/mol. The standard InChI is InChI=1S/C24H23FN2O3S/c1-30-18-7-8-20-21(14-26-10-9-19-6-3-11-31-19)23(24(28)29)27(22(20)13-18)15-16-4-2-5-17(25)12-16/h2-8,11-13,26H,9-10,14-15H2,1H3,(H,28,29). The normalized spacial score (nSPS) is 11.2. The summed E-state index contributed by atoms with van der Waals surface area (Å²) in [6.45, 7) is 1.41. The molecule has 0 aliphatic rings. The number of thiophene rings is 1. The molecule has 5 nitrogen and oxygen atoms in total. The van der Waals surface area contributed by atoms with E-state index in [-0.39, 0.29) is 18.1 Å². The average molecular weight is 439 g/mol. The van der Waals surface area contributed by atoms with E-state index < -0.39 is 5.97 Å². The zero-order valence-electron chi connectivity index (χ0n) is 17.1. The van der Waals surface area contributed by atoms with Crippen LogP contribution in [0.4, 0.5) is 4.39 Å². The van der Waals surface area contributed by atoms with Crippen molar-refractivity contribution >= 4 is 28.2 Å². The molecule has 0 aliphatic heterocycles. The Kier molecular flexibility index (Phi) is 6.34. The molecule has 0 amide bonds. The Bertz CT molecular complexity index is 1200. The van der Waals surface area contributed by atoms with E-state index in [1.54, 1.807) is 35.1 Å². The number of rotatable bonds is 9. The van der Waals surface area contributed by atoms with Crippen LogP contribution in [0.15, 0.2) is 60.0 Å². The summed E-state index contributed by atoms with van der Waals surface area (Å²) in [5.41, 5.74) is 2.36. The summed E-state index contributed by atoms with van der Waals surface area (Å²) >= 11 is 1.71. The third kappa shape index (κ3) is 4.62. The maximum Gasteiger partial charge on any atom is 0.352 e. The fraction of sp³-hybridized carbons (Fsp3) is 0.208. The van der Waals surface area contributed by atoms with Gasteiger partial charge >= 0.3 is 5.97 Å². The largest absolute Gasteiger partial charge is 0.497 e. The van der Waals surface area contributed by atoms with E-state index in [0.717, 1.165) is 23.9 Å². The number of nitrogens with zero attached hydrogens (tertiary/aromatic N) is 1. The van der Waals surface area contributed by atoms with Crippen molar-refractivity contribution in [3.63, 3.8) is 0 Å². The molecule has 0 bridgehead atoms. The van der Waals surface area contributed by atoms with Gasteiger partial charge in [-0.2, -0.15) is 0 Å². The molecule has 0 aliphatic carbocycles. The predicted molar refractivity (Wildman–Crippen MR) is 121 cm³/mol. The SMILES string of the molecule is COc1ccc2c(CNCCc3cccs3)c(C(=O)O)n(Cc3cccc(F)c3)c2c1. The van der Waals surface area contributed by atoms with Crippen molar-refractivity contribution in [1.82, 2.24) is 9.88 Å². The summed E-state index contributed by atoms with van der Waals surface area (Å²) in [4.78, 5) is 13.6. The van der Waals surface area contributed by atoms with Gasteiger partial charge in [0.25, 0.3) is 0 Å². The Morgan fingerprint density at radius 1 is 1.19 bits per heavy atom. The lowest BCUT2D eigenvalue weighted by molar-refractivity contribution is 0.0684. The Labute approximate surface area is 183 Å². The van der Waals surface area contributed by atoms with Crippen molar-refractivity contribution in [2.45, 2.75) is 19.5 Å². The minimum absolute atomic E-state index is 0.205. The highest BCUT2D eigenvalue weighted by molar-refractivity contribution is 7.09. The van der Waals surface area contributed by atoms with Gasteiger partial charge in [0, 0.05) is 41.5 Å². The minimum atomic E-state index is -1.01. The van der Waals surface area contributed by atoms with Crippen molar-refractivity contribution in [3.8, 4) is 5.75 Å². The molecule has 2 aromatic heterocycles. The number of aromatic nitrogens is 1. The number of carbonyl (C=O) groups is 1. The van der Waals surface area contributed by atoms with Crippen molar-refractivity contribution in [3.05, 3.63) is 87.5 Å². The van der Waals surface area contributed by atoms with Gasteiger partial charge in [0.2, 0.25) is 0 Å². The van der Waals surface area contributed by atoms with E-state index >= 15 is 0 Å². The van der Waals surface area contributed by atoms with Crippen LogP contribution >= 0.6 is 11.3 Å². The molecule has 0 saturated heterocycles. The third-order valence-corrected chi connectivity index (χ3v) is 6.18. The number of hydrogen-bond acceptors (Lipinski definition) is 4. The molecule has 0 fully saturated rings. The van der Waals surface area contributed by atoms with Gasteiger partial charge in [0.1, 0.15) is 17.3 Å². The van der Waals surface area contributed by atoms with Crippen molar-refractivity contribution < 1.29 is 19.0 Å². The van der Waals surface area contributed by atoms with E-state index in [1.807, 2.05) is 29.6 Å². The first-order valence-electron chi connectivity index (χ1n) is 9.96. The highest BCUT2D eigenvalue weighted by Gasteiger charge is 2.23. The first-order valence-corrected chi connectivity index (χ1v) is 10.8. The molecule has 7 heteroatoms. The number of ether oxygens (including phenoxy) is 1. The molecule has 2 N–H and O–H groups in total. The van der Waals surface area contributed by atoms with Gasteiger partial charge in [-0.05, 0) is 47.7 Å². The monoisotopic (exact) mass is 438 g/mol.